The number of rotatable bonds is 1. The Balaban J connectivity index is 2.37. The molecule has 2 rings (SSSR count). The van der Waals surface area contributed by atoms with E-state index in [1.54, 1.807) is 0 Å². The van der Waals surface area contributed by atoms with E-state index in [4.69, 9.17) is 17.2 Å². The smallest absolute Gasteiger partial charge is 0.222 e. The van der Waals surface area contributed by atoms with E-state index in [1.807, 2.05) is 0 Å². The van der Waals surface area contributed by atoms with Crippen LogP contribution in [0, 0.1) is 5.92 Å². The monoisotopic (exact) mass is 207 g/mol. The Morgan fingerprint density at radius 2 is 2.07 bits per heavy atom. The topological polar surface area (TPSA) is 121 Å². The number of hydrogen-bond donors (Lipinski definition) is 3. The zero-order valence-corrected chi connectivity index (χ0v) is 8.23. The number of aromatic nitrogens is 2. The summed E-state index contributed by atoms with van der Waals surface area (Å²) >= 11 is 0. The number of anilines is 2. The Labute approximate surface area is 86.9 Å². The number of nitrogens with two attached hydrogens (primary N) is 3. The molecule has 15 heavy (non-hydrogen) atoms. The van der Waals surface area contributed by atoms with E-state index in [9.17, 15) is 4.79 Å². The molecule has 1 aromatic rings. The highest BCUT2D eigenvalue weighted by Gasteiger charge is 2.26. The zero-order valence-electron chi connectivity index (χ0n) is 8.23. The third kappa shape index (κ3) is 1.70. The van der Waals surface area contributed by atoms with Gasteiger partial charge in [-0.2, -0.15) is 4.98 Å². The fourth-order valence-corrected chi connectivity index (χ4v) is 1.90. The van der Waals surface area contributed by atoms with Crippen LogP contribution in [-0.2, 0) is 17.6 Å². The van der Waals surface area contributed by atoms with Crippen molar-refractivity contribution in [2.45, 2.75) is 19.3 Å². The van der Waals surface area contributed by atoms with Crippen molar-refractivity contribution in [1.82, 2.24) is 9.97 Å². The Kier molecular flexibility index (Phi) is 2.18. The summed E-state index contributed by atoms with van der Waals surface area (Å²) in [7, 11) is 0. The second-order valence-corrected chi connectivity index (χ2v) is 3.73. The van der Waals surface area contributed by atoms with Crippen LogP contribution in [-0.4, -0.2) is 15.9 Å². The number of carbonyl (C=O) groups is 1. The van der Waals surface area contributed by atoms with Crippen molar-refractivity contribution in [2.75, 3.05) is 11.5 Å². The molecule has 1 atom stereocenters. The molecule has 6 N–H and O–H groups in total. The lowest BCUT2D eigenvalue weighted by Crippen LogP contribution is -2.30. The highest BCUT2D eigenvalue weighted by atomic mass is 16.1. The van der Waals surface area contributed by atoms with Crippen LogP contribution < -0.4 is 17.2 Å². The standard InChI is InChI=1S/C9H13N5O/c10-7-5-3-4(8(11)15)1-2-6(5)13-9(12)14-7/h4H,1-3H2,(H2,11,15)(H4,10,12,13,14). The van der Waals surface area contributed by atoms with Crippen molar-refractivity contribution < 1.29 is 4.79 Å². The number of aryl methyl sites for hydroxylation is 1. The molecule has 1 aliphatic carbocycles. The minimum atomic E-state index is -0.295. The average Bonchev–Trinajstić information content (AvgIpc) is 2.16. The van der Waals surface area contributed by atoms with E-state index in [2.05, 4.69) is 9.97 Å². The van der Waals surface area contributed by atoms with Gasteiger partial charge in [-0.1, -0.05) is 0 Å². The average molecular weight is 207 g/mol. The first-order chi connectivity index (χ1) is 7.08. The fourth-order valence-electron chi connectivity index (χ4n) is 1.90. The predicted molar refractivity (Wildman–Crippen MR) is 55.6 cm³/mol. The molecule has 6 heteroatoms. The van der Waals surface area contributed by atoms with Gasteiger partial charge in [-0.05, 0) is 19.3 Å². The van der Waals surface area contributed by atoms with Crippen LogP contribution in [0.3, 0.4) is 0 Å². The van der Waals surface area contributed by atoms with E-state index in [0.29, 0.717) is 25.1 Å². The van der Waals surface area contributed by atoms with Gasteiger partial charge in [0.1, 0.15) is 5.82 Å². The lowest BCUT2D eigenvalue weighted by Gasteiger charge is -2.22. The highest BCUT2D eigenvalue weighted by Crippen LogP contribution is 2.27. The van der Waals surface area contributed by atoms with Crippen molar-refractivity contribution >= 4 is 17.7 Å². The van der Waals surface area contributed by atoms with Crippen molar-refractivity contribution in [3.05, 3.63) is 11.3 Å². The van der Waals surface area contributed by atoms with Gasteiger partial charge in [0.2, 0.25) is 11.9 Å². The molecule has 1 aliphatic rings. The summed E-state index contributed by atoms with van der Waals surface area (Å²) in [5.74, 6) is 0.0936. The van der Waals surface area contributed by atoms with E-state index >= 15 is 0 Å². The van der Waals surface area contributed by atoms with Crippen molar-refractivity contribution in [2.24, 2.45) is 11.7 Å². The van der Waals surface area contributed by atoms with Gasteiger partial charge in [-0.25, -0.2) is 4.98 Å². The molecule has 0 saturated carbocycles. The molecule has 6 nitrogen and oxygen atoms in total. The number of hydrogen-bond acceptors (Lipinski definition) is 5. The first-order valence-corrected chi connectivity index (χ1v) is 4.78. The molecule has 0 fully saturated rings. The van der Waals surface area contributed by atoms with Crippen LogP contribution in [0.2, 0.25) is 0 Å². The van der Waals surface area contributed by atoms with Gasteiger partial charge in [0.05, 0.1) is 5.69 Å². The lowest BCUT2D eigenvalue weighted by atomic mass is 9.86. The summed E-state index contributed by atoms with van der Waals surface area (Å²) in [6.45, 7) is 0. The third-order valence-electron chi connectivity index (χ3n) is 2.72. The SMILES string of the molecule is NC(=O)C1CCc2nc(N)nc(N)c2C1. The molecule has 0 bridgehead atoms. The first kappa shape index (κ1) is 9.70. The quantitative estimate of drug-likeness (QED) is 0.558. The molecule has 0 aliphatic heterocycles. The van der Waals surface area contributed by atoms with Crippen LogP contribution in [0.15, 0.2) is 0 Å². The summed E-state index contributed by atoms with van der Waals surface area (Å²) in [4.78, 5) is 19.0. The summed E-state index contributed by atoms with van der Waals surface area (Å²) < 4.78 is 0. The molecule has 0 saturated heterocycles. The molecule has 1 amide bonds. The van der Waals surface area contributed by atoms with Gasteiger partial charge in [-0.3, -0.25) is 4.79 Å². The molecule has 0 spiro atoms. The first-order valence-electron chi connectivity index (χ1n) is 4.78. The maximum Gasteiger partial charge on any atom is 0.222 e. The van der Waals surface area contributed by atoms with Crippen molar-refractivity contribution in [1.29, 1.82) is 0 Å². The highest BCUT2D eigenvalue weighted by molar-refractivity contribution is 5.77. The van der Waals surface area contributed by atoms with Crippen LogP contribution in [0.1, 0.15) is 17.7 Å². The normalized spacial score (nSPS) is 19.6. The number of fused-ring (bicyclic) bond motifs is 1. The number of carbonyl (C=O) groups excluding carboxylic acids is 1. The molecule has 80 valence electrons. The number of amides is 1. The molecule has 1 aromatic heterocycles. The summed E-state index contributed by atoms with van der Waals surface area (Å²) in [5.41, 5.74) is 18.1. The molecular formula is C9H13N5O. The van der Waals surface area contributed by atoms with Gasteiger partial charge < -0.3 is 17.2 Å². The van der Waals surface area contributed by atoms with E-state index in [1.165, 1.54) is 0 Å². The Hall–Kier alpha value is -1.85. The van der Waals surface area contributed by atoms with E-state index in [0.717, 1.165) is 11.3 Å². The Morgan fingerprint density at radius 3 is 2.73 bits per heavy atom. The maximum atomic E-state index is 11.1. The van der Waals surface area contributed by atoms with Crippen LogP contribution in [0.25, 0.3) is 0 Å². The molecule has 1 unspecified atom stereocenters. The van der Waals surface area contributed by atoms with Crippen LogP contribution >= 0.6 is 0 Å². The van der Waals surface area contributed by atoms with E-state index < -0.39 is 0 Å². The second-order valence-electron chi connectivity index (χ2n) is 3.73. The van der Waals surface area contributed by atoms with Crippen molar-refractivity contribution in [3.8, 4) is 0 Å². The van der Waals surface area contributed by atoms with Gasteiger partial charge >= 0.3 is 0 Å². The van der Waals surface area contributed by atoms with Gasteiger partial charge in [0.25, 0.3) is 0 Å². The lowest BCUT2D eigenvalue weighted by molar-refractivity contribution is -0.122. The maximum absolute atomic E-state index is 11.1. The summed E-state index contributed by atoms with van der Waals surface area (Å²) in [5, 5.41) is 0. The fraction of sp³-hybridized carbons (Fsp3) is 0.444. The Morgan fingerprint density at radius 1 is 1.33 bits per heavy atom. The second kappa shape index (κ2) is 3.38. The summed E-state index contributed by atoms with van der Waals surface area (Å²) in [6.07, 6.45) is 1.91. The van der Waals surface area contributed by atoms with Gasteiger partial charge in [0, 0.05) is 11.5 Å². The van der Waals surface area contributed by atoms with Crippen molar-refractivity contribution in [3.63, 3.8) is 0 Å². The van der Waals surface area contributed by atoms with Gasteiger partial charge in [0.15, 0.2) is 0 Å². The minimum Gasteiger partial charge on any atom is -0.383 e. The molecular weight excluding hydrogens is 194 g/mol. The zero-order chi connectivity index (χ0) is 11.0. The van der Waals surface area contributed by atoms with Crippen LogP contribution in [0.4, 0.5) is 11.8 Å². The number of nitrogen functional groups attached to an aromatic ring is 2. The van der Waals surface area contributed by atoms with Gasteiger partial charge in [-0.15, -0.1) is 0 Å². The molecule has 0 aromatic carbocycles. The summed E-state index contributed by atoms with van der Waals surface area (Å²) in [6, 6.07) is 0. The Bertz CT molecular complexity index is 417. The third-order valence-corrected chi connectivity index (χ3v) is 2.72. The number of nitrogens with zero attached hydrogens (tertiary/aromatic N) is 2. The molecule has 1 heterocycles. The predicted octanol–water partition coefficient (Wildman–Crippen LogP) is -0.769. The largest absolute Gasteiger partial charge is 0.383 e. The van der Waals surface area contributed by atoms with E-state index in [-0.39, 0.29) is 17.8 Å². The minimum absolute atomic E-state index is 0.160. The molecule has 0 radical (unpaired) electrons. The van der Waals surface area contributed by atoms with Crippen LogP contribution in [0.5, 0.6) is 0 Å². The number of primary amides is 1.